The molecule has 0 atom stereocenters. The molecule has 0 spiro atoms. The molecule has 1 aromatic carbocycles. The molecule has 5 heteroatoms. The number of halogens is 1. The third kappa shape index (κ3) is 4.24. The molecule has 0 bridgehead atoms. The Morgan fingerprint density at radius 3 is 2.33 bits per heavy atom. The van der Waals surface area contributed by atoms with Gasteiger partial charge in [0.15, 0.2) is 0 Å². The van der Waals surface area contributed by atoms with Gasteiger partial charge in [-0.25, -0.2) is 4.39 Å². The number of rotatable bonds is 4. The predicted octanol–water partition coefficient (Wildman–Crippen LogP) is 3.97. The summed E-state index contributed by atoms with van der Waals surface area (Å²) in [5, 5.41) is 10.9. The van der Waals surface area contributed by atoms with E-state index < -0.39 is 10.7 Å². The molecule has 4 nitrogen and oxygen atoms in total. The van der Waals surface area contributed by atoms with Gasteiger partial charge in [0.1, 0.15) is 5.82 Å². The van der Waals surface area contributed by atoms with E-state index in [-0.39, 0.29) is 11.1 Å². The van der Waals surface area contributed by atoms with Gasteiger partial charge in [-0.05, 0) is 42.9 Å². The van der Waals surface area contributed by atoms with Crippen LogP contribution in [0.1, 0.15) is 50.5 Å². The van der Waals surface area contributed by atoms with E-state index in [4.69, 9.17) is 5.73 Å². The molecular formula is C16H23FN2O2. The van der Waals surface area contributed by atoms with Crippen LogP contribution in [0.2, 0.25) is 0 Å². The minimum absolute atomic E-state index is 0.0396. The number of nitro groups is 1. The molecule has 0 unspecified atom stereocenters. The Labute approximate surface area is 124 Å². The van der Waals surface area contributed by atoms with Gasteiger partial charge in [-0.3, -0.25) is 10.1 Å². The minimum Gasteiger partial charge on any atom is -0.330 e. The summed E-state index contributed by atoms with van der Waals surface area (Å²) >= 11 is 0. The first-order valence-electron chi connectivity index (χ1n) is 7.69. The van der Waals surface area contributed by atoms with E-state index in [9.17, 15) is 14.5 Å². The lowest BCUT2D eigenvalue weighted by Crippen LogP contribution is -2.33. The first-order valence-corrected chi connectivity index (χ1v) is 7.69. The second-order valence-corrected chi connectivity index (χ2v) is 6.22. The molecule has 0 aliphatic heterocycles. The summed E-state index contributed by atoms with van der Waals surface area (Å²) in [6, 6.07) is 3.86. The summed E-state index contributed by atoms with van der Waals surface area (Å²) in [6.45, 7) is 0.553. The number of hydrogen-bond acceptors (Lipinski definition) is 3. The molecule has 116 valence electrons. The van der Waals surface area contributed by atoms with Gasteiger partial charge < -0.3 is 5.73 Å². The average molecular weight is 294 g/mol. The van der Waals surface area contributed by atoms with Crippen LogP contribution in [0.3, 0.4) is 0 Å². The van der Waals surface area contributed by atoms with Gasteiger partial charge in [0.2, 0.25) is 0 Å². The molecule has 1 aliphatic rings. The van der Waals surface area contributed by atoms with Crippen molar-refractivity contribution in [1.29, 1.82) is 0 Å². The third-order valence-corrected chi connectivity index (χ3v) is 4.58. The Bertz CT molecular complexity index is 497. The van der Waals surface area contributed by atoms with Crippen LogP contribution in [0.4, 0.5) is 10.1 Å². The molecule has 0 saturated heterocycles. The van der Waals surface area contributed by atoms with Gasteiger partial charge in [-0.15, -0.1) is 0 Å². The lowest BCUT2D eigenvalue weighted by atomic mass is 9.72. The van der Waals surface area contributed by atoms with Crippen LogP contribution < -0.4 is 5.73 Å². The Hall–Kier alpha value is -1.49. The fraction of sp³-hybridized carbons (Fsp3) is 0.625. The number of hydrogen-bond donors (Lipinski definition) is 1. The summed E-state index contributed by atoms with van der Waals surface area (Å²) in [5.41, 5.74) is 6.49. The van der Waals surface area contributed by atoms with Crippen molar-refractivity contribution in [2.75, 3.05) is 6.54 Å². The summed E-state index contributed by atoms with van der Waals surface area (Å²) in [5.74, 6) is -0.544. The molecule has 1 aliphatic carbocycles. The largest absolute Gasteiger partial charge is 0.330 e. The van der Waals surface area contributed by atoms with Crippen LogP contribution in [0.5, 0.6) is 0 Å². The Balaban J connectivity index is 2.22. The Morgan fingerprint density at radius 1 is 1.14 bits per heavy atom. The molecule has 1 aromatic rings. The van der Waals surface area contributed by atoms with Crippen LogP contribution in [-0.4, -0.2) is 11.5 Å². The van der Waals surface area contributed by atoms with Crippen molar-refractivity contribution in [2.24, 2.45) is 11.1 Å². The maximum absolute atomic E-state index is 13.6. The lowest BCUT2D eigenvalue weighted by Gasteiger charge is -2.34. The van der Waals surface area contributed by atoms with Crippen molar-refractivity contribution in [1.82, 2.24) is 0 Å². The van der Waals surface area contributed by atoms with Crippen molar-refractivity contribution in [3.63, 3.8) is 0 Å². The molecule has 1 fully saturated rings. The molecule has 2 N–H and O–H groups in total. The Kier molecular flexibility index (Phi) is 5.28. The third-order valence-electron chi connectivity index (χ3n) is 4.58. The number of nitro benzene ring substituents is 1. The standard InChI is InChI=1S/C16H23FN2O2/c17-14-8-13(9-15(10-14)19(20)21)11-16(12-18)6-4-2-1-3-5-7-16/h8-10H,1-7,11-12,18H2. The SMILES string of the molecule is NCC1(Cc2cc(F)cc([N+](=O)[O-])c2)CCCCCCC1. The summed E-state index contributed by atoms with van der Waals surface area (Å²) in [7, 11) is 0. The first-order chi connectivity index (χ1) is 10.0. The minimum atomic E-state index is -0.544. The van der Waals surface area contributed by atoms with Crippen LogP contribution in [-0.2, 0) is 6.42 Å². The highest BCUT2D eigenvalue weighted by Gasteiger charge is 2.29. The summed E-state index contributed by atoms with van der Waals surface area (Å²) in [4.78, 5) is 10.3. The van der Waals surface area contributed by atoms with Crippen molar-refractivity contribution in [3.05, 3.63) is 39.7 Å². The highest BCUT2D eigenvalue weighted by atomic mass is 19.1. The van der Waals surface area contributed by atoms with Crippen LogP contribution >= 0.6 is 0 Å². The second-order valence-electron chi connectivity index (χ2n) is 6.22. The van der Waals surface area contributed by atoms with E-state index in [2.05, 4.69) is 0 Å². The van der Waals surface area contributed by atoms with E-state index in [1.54, 1.807) is 0 Å². The number of benzene rings is 1. The highest BCUT2D eigenvalue weighted by molar-refractivity contribution is 5.35. The zero-order valence-corrected chi connectivity index (χ0v) is 12.3. The van der Waals surface area contributed by atoms with Gasteiger partial charge in [-0.2, -0.15) is 0 Å². The zero-order valence-electron chi connectivity index (χ0n) is 12.3. The zero-order chi connectivity index (χ0) is 15.3. The van der Waals surface area contributed by atoms with Gasteiger partial charge in [0.05, 0.1) is 11.0 Å². The molecule has 21 heavy (non-hydrogen) atoms. The fourth-order valence-corrected chi connectivity index (χ4v) is 3.38. The van der Waals surface area contributed by atoms with E-state index in [1.165, 1.54) is 31.4 Å². The van der Waals surface area contributed by atoms with E-state index >= 15 is 0 Å². The average Bonchev–Trinajstić information content (AvgIpc) is 2.41. The fourth-order valence-electron chi connectivity index (χ4n) is 3.38. The van der Waals surface area contributed by atoms with Crippen LogP contribution in [0.15, 0.2) is 18.2 Å². The monoisotopic (exact) mass is 294 g/mol. The number of non-ortho nitro benzene ring substituents is 1. The molecule has 0 heterocycles. The second kappa shape index (κ2) is 6.98. The first kappa shape index (κ1) is 15.9. The van der Waals surface area contributed by atoms with Crippen LogP contribution in [0, 0.1) is 21.3 Å². The molecule has 2 rings (SSSR count). The quantitative estimate of drug-likeness (QED) is 0.675. The normalized spacial score (nSPS) is 18.8. The van der Waals surface area contributed by atoms with E-state index in [1.807, 2.05) is 0 Å². The number of nitrogens with zero attached hydrogens (tertiary/aromatic N) is 1. The number of nitrogens with two attached hydrogens (primary N) is 1. The maximum atomic E-state index is 13.6. The van der Waals surface area contributed by atoms with Crippen molar-refractivity contribution < 1.29 is 9.31 Å². The Morgan fingerprint density at radius 2 is 1.76 bits per heavy atom. The topological polar surface area (TPSA) is 69.2 Å². The van der Waals surface area contributed by atoms with Gasteiger partial charge in [-0.1, -0.05) is 32.1 Å². The van der Waals surface area contributed by atoms with E-state index in [0.717, 1.165) is 31.7 Å². The molecule has 1 saturated carbocycles. The van der Waals surface area contributed by atoms with Crippen LogP contribution in [0.25, 0.3) is 0 Å². The highest BCUT2D eigenvalue weighted by Crippen LogP contribution is 2.37. The lowest BCUT2D eigenvalue weighted by molar-refractivity contribution is -0.385. The molecule has 0 radical (unpaired) electrons. The van der Waals surface area contributed by atoms with Crippen molar-refractivity contribution in [2.45, 2.75) is 51.4 Å². The summed E-state index contributed by atoms with van der Waals surface area (Å²) in [6.07, 6.45) is 8.63. The predicted molar refractivity (Wildman–Crippen MR) is 80.6 cm³/mol. The van der Waals surface area contributed by atoms with Crippen molar-refractivity contribution in [3.8, 4) is 0 Å². The van der Waals surface area contributed by atoms with Gasteiger partial charge in [0, 0.05) is 6.07 Å². The summed E-state index contributed by atoms with van der Waals surface area (Å²) < 4.78 is 13.6. The molecular weight excluding hydrogens is 271 g/mol. The van der Waals surface area contributed by atoms with Gasteiger partial charge in [0.25, 0.3) is 5.69 Å². The molecule has 0 amide bonds. The molecule has 0 aromatic heterocycles. The van der Waals surface area contributed by atoms with E-state index in [0.29, 0.717) is 18.5 Å². The van der Waals surface area contributed by atoms with Gasteiger partial charge >= 0.3 is 0 Å². The smallest absolute Gasteiger partial charge is 0.272 e. The maximum Gasteiger partial charge on any atom is 0.272 e. The van der Waals surface area contributed by atoms with Crippen molar-refractivity contribution >= 4 is 5.69 Å².